The number of aliphatic hydroxyl groups excluding tert-OH is 1. The van der Waals surface area contributed by atoms with Gasteiger partial charge in [-0.2, -0.15) is 0 Å². The molecule has 2 rings (SSSR count). The van der Waals surface area contributed by atoms with Gasteiger partial charge in [-0.1, -0.05) is 30.3 Å². The van der Waals surface area contributed by atoms with Crippen LogP contribution in [0.3, 0.4) is 0 Å². The molecule has 1 atom stereocenters. The molecule has 1 aromatic carbocycles. The van der Waals surface area contributed by atoms with E-state index in [4.69, 9.17) is 0 Å². The topological polar surface area (TPSA) is 74.2 Å². The Labute approximate surface area is 136 Å². The third-order valence-corrected chi connectivity index (χ3v) is 3.59. The highest BCUT2D eigenvalue weighted by atomic mass is 16.3. The summed E-state index contributed by atoms with van der Waals surface area (Å²) in [6, 6.07) is 13.4. The number of pyridine rings is 1. The Hall–Kier alpha value is -2.24. The van der Waals surface area contributed by atoms with Crippen LogP contribution in [-0.4, -0.2) is 22.5 Å². The summed E-state index contributed by atoms with van der Waals surface area (Å²) in [6.07, 6.45) is 0.375. The second kappa shape index (κ2) is 8.41. The second-order valence-electron chi connectivity index (χ2n) is 5.54. The zero-order chi connectivity index (χ0) is 16.7. The number of hydrogen-bond donors (Lipinski definition) is 3. The third-order valence-electron chi connectivity index (χ3n) is 3.59. The van der Waals surface area contributed by atoms with E-state index in [0.29, 0.717) is 18.8 Å². The number of benzene rings is 1. The van der Waals surface area contributed by atoms with Gasteiger partial charge in [-0.25, -0.2) is 4.98 Å². The normalized spacial score (nSPS) is 12.0. The monoisotopic (exact) mass is 313 g/mol. The summed E-state index contributed by atoms with van der Waals surface area (Å²) in [5.74, 6) is 0.519. The van der Waals surface area contributed by atoms with Crippen molar-refractivity contribution in [2.75, 3.05) is 11.9 Å². The van der Waals surface area contributed by atoms with E-state index in [0.717, 1.165) is 16.8 Å². The fourth-order valence-corrected chi connectivity index (χ4v) is 2.30. The van der Waals surface area contributed by atoms with E-state index >= 15 is 0 Å². The Balaban J connectivity index is 1.78. The van der Waals surface area contributed by atoms with Gasteiger partial charge in [0.15, 0.2) is 0 Å². The number of hydrogen-bond acceptors (Lipinski definition) is 4. The number of aryl methyl sites for hydroxylation is 1. The average molecular weight is 313 g/mol. The van der Waals surface area contributed by atoms with Gasteiger partial charge in [-0.3, -0.25) is 4.79 Å². The number of carbonyl (C=O) groups is 1. The maximum Gasteiger partial charge on any atom is 0.226 e. The van der Waals surface area contributed by atoms with Crippen LogP contribution in [0.4, 0.5) is 5.82 Å². The lowest BCUT2D eigenvalue weighted by atomic mass is 10.1. The summed E-state index contributed by atoms with van der Waals surface area (Å²) in [6.45, 7) is 4.53. The zero-order valence-electron chi connectivity index (χ0n) is 13.5. The summed E-state index contributed by atoms with van der Waals surface area (Å²) in [7, 11) is 0. The predicted molar refractivity (Wildman–Crippen MR) is 91.0 cm³/mol. The van der Waals surface area contributed by atoms with Crippen molar-refractivity contribution in [1.82, 2.24) is 10.3 Å². The molecule has 1 heterocycles. The number of aromatic nitrogens is 1. The molecular weight excluding hydrogens is 290 g/mol. The SMILES string of the molecule is Cc1cccc(NC(=O)CCNC(C)c2cccc(CO)c2)n1. The number of nitrogens with one attached hydrogen (secondary N) is 2. The fourth-order valence-electron chi connectivity index (χ4n) is 2.30. The third kappa shape index (κ3) is 5.47. The Bertz CT molecular complexity index is 658. The first kappa shape index (κ1) is 17.1. The molecule has 1 amide bonds. The molecule has 122 valence electrons. The molecule has 3 N–H and O–H groups in total. The second-order valence-corrected chi connectivity index (χ2v) is 5.54. The molecule has 0 aliphatic rings. The molecule has 0 fully saturated rings. The van der Waals surface area contributed by atoms with E-state index in [1.165, 1.54) is 0 Å². The smallest absolute Gasteiger partial charge is 0.226 e. The molecule has 1 aromatic heterocycles. The van der Waals surface area contributed by atoms with Crippen molar-refractivity contribution in [3.8, 4) is 0 Å². The molecular formula is C18H23N3O2. The van der Waals surface area contributed by atoms with Gasteiger partial charge < -0.3 is 15.7 Å². The van der Waals surface area contributed by atoms with Crippen LogP contribution in [0.25, 0.3) is 0 Å². The number of anilines is 1. The van der Waals surface area contributed by atoms with Crippen molar-refractivity contribution in [2.24, 2.45) is 0 Å². The molecule has 0 bridgehead atoms. The number of carbonyl (C=O) groups excluding carboxylic acids is 1. The zero-order valence-corrected chi connectivity index (χ0v) is 13.5. The van der Waals surface area contributed by atoms with E-state index in [1.54, 1.807) is 6.07 Å². The van der Waals surface area contributed by atoms with Crippen molar-refractivity contribution < 1.29 is 9.90 Å². The number of rotatable bonds is 7. The quantitative estimate of drug-likeness (QED) is 0.734. The average Bonchev–Trinajstić information content (AvgIpc) is 2.54. The van der Waals surface area contributed by atoms with E-state index in [9.17, 15) is 9.90 Å². The van der Waals surface area contributed by atoms with Gasteiger partial charge in [0, 0.05) is 24.7 Å². The first-order valence-electron chi connectivity index (χ1n) is 7.75. The van der Waals surface area contributed by atoms with Crippen LogP contribution < -0.4 is 10.6 Å². The van der Waals surface area contributed by atoms with Crippen LogP contribution in [0, 0.1) is 6.92 Å². The lowest BCUT2D eigenvalue weighted by Gasteiger charge is -2.15. The standard InChI is InChI=1S/C18H23N3O2/c1-13-5-3-8-17(20-13)21-18(23)9-10-19-14(2)16-7-4-6-15(11-16)12-22/h3-8,11,14,19,22H,9-10,12H2,1-2H3,(H,20,21,23). The van der Waals surface area contributed by atoms with Gasteiger partial charge in [0.2, 0.25) is 5.91 Å². The molecule has 23 heavy (non-hydrogen) atoms. The highest BCUT2D eigenvalue weighted by molar-refractivity contribution is 5.89. The largest absolute Gasteiger partial charge is 0.392 e. The minimum atomic E-state index is -0.0630. The number of nitrogens with zero attached hydrogens (tertiary/aromatic N) is 1. The van der Waals surface area contributed by atoms with E-state index in [2.05, 4.69) is 15.6 Å². The summed E-state index contributed by atoms with van der Waals surface area (Å²) in [5, 5.41) is 15.3. The molecule has 2 aromatic rings. The molecule has 0 aliphatic carbocycles. The molecule has 0 aliphatic heterocycles. The molecule has 5 nitrogen and oxygen atoms in total. The van der Waals surface area contributed by atoms with Gasteiger partial charge in [0.05, 0.1) is 6.61 Å². The summed E-state index contributed by atoms with van der Waals surface area (Å²) in [4.78, 5) is 16.2. The maximum atomic E-state index is 11.9. The van der Waals surface area contributed by atoms with Crippen LogP contribution in [0.5, 0.6) is 0 Å². The van der Waals surface area contributed by atoms with Crippen molar-refractivity contribution in [2.45, 2.75) is 32.9 Å². The Morgan fingerprint density at radius 2 is 2.04 bits per heavy atom. The van der Waals surface area contributed by atoms with Crippen LogP contribution in [0.15, 0.2) is 42.5 Å². The molecule has 0 spiro atoms. The molecule has 0 saturated carbocycles. The van der Waals surface area contributed by atoms with E-state index in [1.807, 2.05) is 50.2 Å². The van der Waals surface area contributed by atoms with Gasteiger partial charge in [0.1, 0.15) is 5.82 Å². The predicted octanol–water partition coefficient (Wildman–Crippen LogP) is 2.56. The van der Waals surface area contributed by atoms with Crippen molar-refractivity contribution in [1.29, 1.82) is 0 Å². The van der Waals surface area contributed by atoms with Gasteiger partial charge in [-0.05, 0) is 37.1 Å². The van der Waals surface area contributed by atoms with E-state index < -0.39 is 0 Å². The van der Waals surface area contributed by atoms with Crippen molar-refractivity contribution >= 4 is 11.7 Å². The minimum absolute atomic E-state index is 0.0342. The number of amides is 1. The molecule has 5 heteroatoms. The molecule has 0 radical (unpaired) electrons. The summed E-state index contributed by atoms with van der Waals surface area (Å²) < 4.78 is 0. The van der Waals surface area contributed by atoms with Crippen LogP contribution >= 0.6 is 0 Å². The maximum absolute atomic E-state index is 11.9. The highest BCUT2D eigenvalue weighted by Gasteiger charge is 2.07. The lowest BCUT2D eigenvalue weighted by Crippen LogP contribution is -2.24. The van der Waals surface area contributed by atoms with Gasteiger partial charge in [-0.15, -0.1) is 0 Å². The molecule has 0 saturated heterocycles. The lowest BCUT2D eigenvalue weighted by molar-refractivity contribution is -0.116. The fraction of sp³-hybridized carbons (Fsp3) is 0.333. The van der Waals surface area contributed by atoms with E-state index in [-0.39, 0.29) is 18.6 Å². The first-order valence-corrected chi connectivity index (χ1v) is 7.75. The van der Waals surface area contributed by atoms with Crippen LogP contribution in [-0.2, 0) is 11.4 Å². The van der Waals surface area contributed by atoms with Crippen molar-refractivity contribution in [3.05, 3.63) is 59.3 Å². The van der Waals surface area contributed by atoms with Gasteiger partial charge >= 0.3 is 0 Å². The van der Waals surface area contributed by atoms with Gasteiger partial charge in [0.25, 0.3) is 0 Å². The van der Waals surface area contributed by atoms with Crippen LogP contribution in [0.2, 0.25) is 0 Å². The first-order chi connectivity index (χ1) is 11.1. The molecule has 1 unspecified atom stereocenters. The minimum Gasteiger partial charge on any atom is -0.392 e. The van der Waals surface area contributed by atoms with Crippen LogP contribution in [0.1, 0.15) is 36.2 Å². The Kier molecular flexibility index (Phi) is 6.26. The number of aliphatic hydroxyl groups is 1. The Morgan fingerprint density at radius 1 is 1.26 bits per heavy atom. The summed E-state index contributed by atoms with van der Waals surface area (Å²) >= 11 is 0. The summed E-state index contributed by atoms with van der Waals surface area (Å²) in [5.41, 5.74) is 2.86. The van der Waals surface area contributed by atoms with Crippen molar-refractivity contribution in [3.63, 3.8) is 0 Å². The Morgan fingerprint density at radius 3 is 2.78 bits per heavy atom. The highest BCUT2D eigenvalue weighted by Crippen LogP contribution is 2.14.